The highest BCUT2D eigenvalue weighted by Crippen LogP contribution is 2.22. The van der Waals surface area contributed by atoms with Crippen molar-refractivity contribution in [3.8, 4) is 0 Å². The van der Waals surface area contributed by atoms with Crippen molar-refractivity contribution >= 4 is 5.69 Å². The number of nitrogen functional groups attached to an aromatic ring is 1. The van der Waals surface area contributed by atoms with Crippen LogP contribution in [0.3, 0.4) is 0 Å². The van der Waals surface area contributed by atoms with E-state index in [4.69, 9.17) is 10.8 Å². The Kier molecular flexibility index (Phi) is 5.19. The van der Waals surface area contributed by atoms with Crippen molar-refractivity contribution in [1.82, 2.24) is 9.80 Å². The minimum absolute atomic E-state index is 0.257. The molecule has 1 saturated heterocycles. The number of anilines is 1. The largest absolute Gasteiger partial charge is 0.399 e. The van der Waals surface area contributed by atoms with Crippen LogP contribution in [0.4, 0.5) is 5.69 Å². The molecule has 1 aliphatic rings. The maximum absolute atomic E-state index is 9.02. The predicted octanol–water partition coefficient (Wildman–Crippen LogP) is 1.33. The fraction of sp³-hybridized carbons (Fsp3) is 0.600. The lowest BCUT2D eigenvalue weighted by atomic mass is 10.1. The Hall–Kier alpha value is -1.10. The summed E-state index contributed by atoms with van der Waals surface area (Å²) in [5.74, 6) is 0. The summed E-state index contributed by atoms with van der Waals surface area (Å²) in [5, 5.41) is 9.02. The molecule has 0 radical (unpaired) electrons. The number of nitrogens with zero attached hydrogens (tertiary/aromatic N) is 2. The number of nitrogens with two attached hydrogens (primary N) is 1. The van der Waals surface area contributed by atoms with Gasteiger partial charge in [-0.3, -0.25) is 9.80 Å². The van der Waals surface area contributed by atoms with Crippen LogP contribution in [-0.2, 0) is 0 Å². The van der Waals surface area contributed by atoms with Crippen LogP contribution in [-0.4, -0.2) is 54.2 Å². The van der Waals surface area contributed by atoms with Crippen molar-refractivity contribution < 1.29 is 5.11 Å². The third-order valence-electron chi connectivity index (χ3n) is 4.01. The van der Waals surface area contributed by atoms with Gasteiger partial charge >= 0.3 is 0 Å². The number of benzene rings is 1. The second-order valence-corrected chi connectivity index (χ2v) is 5.30. The van der Waals surface area contributed by atoms with Crippen molar-refractivity contribution in [3.05, 3.63) is 29.8 Å². The number of aliphatic hydroxyl groups excluding tert-OH is 1. The predicted molar refractivity (Wildman–Crippen MR) is 79.0 cm³/mol. The number of rotatable bonds is 4. The van der Waals surface area contributed by atoms with Gasteiger partial charge < -0.3 is 10.8 Å². The molecule has 0 spiro atoms. The van der Waals surface area contributed by atoms with Gasteiger partial charge in [-0.2, -0.15) is 0 Å². The van der Waals surface area contributed by atoms with Crippen LogP contribution >= 0.6 is 0 Å². The van der Waals surface area contributed by atoms with Gasteiger partial charge in [0.2, 0.25) is 0 Å². The molecule has 1 atom stereocenters. The quantitative estimate of drug-likeness (QED) is 0.805. The van der Waals surface area contributed by atoms with E-state index >= 15 is 0 Å². The van der Waals surface area contributed by atoms with Gasteiger partial charge in [0.25, 0.3) is 0 Å². The van der Waals surface area contributed by atoms with Crippen molar-refractivity contribution in [2.45, 2.75) is 19.4 Å². The highest BCUT2D eigenvalue weighted by molar-refractivity contribution is 5.40. The van der Waals surface area contributed by atoms with E-state index in [1.165, 1.54) is 12.0 Å². The Labute approximate surface area is 115 Å². The summed E-state index contributed by atoms with van der Waals surface area (Å²) in [5.41, 5.74) is 7.88. The summed E-state index contributed by atoms with van der Waals surface area (Å²) < 4.78 is 0. The Morgan fingerprint density at radius 1 is 1.16 bits per heavy atom. The molecule has 1 aromatic rings. The third-order valence-corrected chi connectivity index (χ3v) is 4.01. The van der Waals surface area contributed by atoms with E-state index in [2.05, 4.69) is 28.9 Å². The van der Waals surface area contributed by atoms with Crippen LogP contribution < -0.4 is 5.73 Å². The van der Waals surface area contributed by atoms with E-state index in [1.54, 1.807) is 0 Å². The Balaban J connectivity index is 1.95. The molecule has 106 valence electrons. The van der Waals surface area contributed by atoms with Crippen LogP contribution in [0.15, 0.2) is 24.3 Å². The third kappa shape index (κ3) is 3.93. The van der Waals surface area contributed by atoms with Gasteiger partial charge in [0, 0.05) is 37.9 Å². The normalized spacial score (nSPS) is 20.1. The fourth-order valence-corrected chi connectivity index (χ4v) is 2.73. The molecule has 0 aromatic heterocycles. The minimum atomic E-state index is 0.257. The molecule has 1 unspecified atom stereocenters. The molecule has 4 nitrogen and oxygen atoms in total. The van der Waals surface area contributed by atoms with E-state index in [1.807, 2.05) is 12.1 Å². The fourth-order valence-electron chi connectivity index (χ4n) is 2.73. The summed E-state index contributed by atoms with van der Waals surface area (Å²) in [6.07, 6.45) is 1.17. The standard InChI is InChI=1S/C15H25N3O/c1-13(14-3-5-15(16)6-4-14)18-8-2-7-17(9-10-18)11-12-19/h3-6,13,19H,2,7-12,16H2,1H3. The molecule has 1 heterocycles. The second kappa shape index (κ2) is 6.89. The first-order chi connectivity index (χ1) is 9.20. The molecule has 0 saturated carbocycles. The molecule has 0 aliphatic carbocycles. The van der Waals surface area contributed by atoms with Gasteiger partial charge in [-0.25, -0.2) is 0 Å². The second-order valence-electron chi connectivity index (χ2n) is 5.30. The van der Waals surface area contributed by atoms with Crippen LogP contribution in [0.1, 0.15) is 24.9 Å². The molecule has 2 rings (SSSR count). The average molecular weight is 263 g/mol. The molecular formula is C15H25N3O. The molecule has 0 amide bonds. The monoisotopic (exact) mass is 263 g/mol. The van der Waals surface area contributed by atoms with Gasteiger partial charge in [0.05, 0.1) is 6.61 Å². The molecule has 3 N–H and O–H groups in total. The topological polar surface area (TPSA) is 52.7 Å². The lowest BCUT2D eigenvalue weighted by Crippen LogP contribution is -2.33. The highest BCUT2D eigenvalue weighted by atomic mass is 16.3. The number of aliphatic hydroxyl groups is 1. The first-order valence-corrected chi connectivity index (χ1v) is 7.13. The van der Waals surface area contributed by atoms with Crippen molar-refractivity contribution in [2.24, 2.45) is 0 Å². The van der Waals surface area contributed by atoms with Crippen molar-refractivity contribution in [2.75, 3.05) is 45.1 Å². The summed E-state index contributed by atoms with van der Waals surface area (Å²) in [4.78, 5) is 4.86. The minimum Gasteiger partial charge on any atom is -0.399 e. The summed E-state index contributed by atoms with van der Waals surface area (Å²) in [6.45, 7) is 7.62. The molecule has 1 aromatic carbocycles. The van der Waals surface area contributed by atoms with Crippen LogP contribution in [0.5, 0.6) is 0 Å². The summed E-state index contributed by atoms with van der Waals surface area (Å²) in [7, 11) is 0. The van der Waals surface area contributed by atoms with E-state index in [0.29, 0.717) is 6.04 Å². The average Bonchev–Trinajstić information content (AvgIpc) is 2.65. The van der Waals surface area contributed by atoms with E-state index in [9.17, 15) is 0 Å². The van der Waals surface area contributed by atoms with Crippen LogP contribution in [0.2, 0.25) is 0 Å². The summed E-state index contributed by atoms with van der Waals surface area (Å²) in [6, 6.07) is 8.62. The van der Waals surface area contributed by atoms with Crippen LogP contribution in [0, 0.1) is 0 Å². The molecule has 1 aliphatic heterocycles. The Bertz CT molecular complexity index is 379. The lowest BCUT2D eigenvalue weighted by molar-refractivity contribution is 0.186. The number of hydrogen-bond acceptors (Lipinski definition) is 4. The summed E-state index contributed by atoms with van der Waals surface area (Å²) >= 11 is 0. The maximum Gasteiger partial charge on any atom is 0.0558 e. The Morgan fingerprint density at radius 3 is 2.58 bits per heavy atom. The lowest BCUT2D eigenvalue weighted by Gasteiger charge is -2.28. The Morgan fingerprint density at radius 2 is 1.89 bits per heavy atom. The van der Waals surface area contributed by atoms with Gasteiger partial charge in [0.15, 0.2) is 0 Å². The van der Waals surface area contributed by atoms with E-state index in [0.717, 1.165) is 38.4 Å². The number of β-amino-alcohol motifs (C(OH)–C–C–N with tert-alkyl or cyclic N) is 1. The molecular weight excluding hydrogens is 238 g/mol. The molecule has 4 heteroatoms. The van der Waals surface area contributed by atoms with Crippen molar-refractivity contribution in [3.63, 3.8) is 0 Å². The zero-order valence-corrected chi connectivity index (χ0v) is 11.8. The van der Waals surface area contributed by atoms with Crippen molar-refractivity contribution in [1.29, 1.82) is 0 Å². The maximum atomic E-state index is 9.02. The van der Waals surface area contributed by atoms with Gasteiger partial charge in [0.1, 0.15) is 0 Å². The van der Waals surface area contributed by atoms with Gasteiger partial charge in [-0.1, -0.05) is 12.1 Å². The van der Waals surface area contributed by atoms with Gasteiger partial charge in [-0.05, 0) is 37.6 Å². The van der Waals surface area contributed by atoms with Gasteiger partial charge in [-0.15, -0.1) is 0 Å². The molecule has 1 fully saturated rings. The zero-order valence-electron chi connectivity index (χ0n) is 11.8. The highest BCUT2D eigenvalue weighted by Gasteiger charge is 2.19. The smallest absolute Gasteiger partial charge is 0.0558 e. The van der Waals surface area contributed by atoms with E-state index < -0.39 is 0 Å². The molecule has 0 bridgehead atoms. The first kappa shape index (κ1) is 14.3. The SMILES string of the molecule is CC(c1ccc(N)cc1)N1CCCN(CCO)CC1. The first-order valence-electron chi connectivity index (χ1n) is 7.13. The number of hydrogen-bond donors (Lipinski definition) is 2. The van der Waals surface area contributed by atoms with Crippen LogP contribution in [0.25, 0.3) is 0 Å². The molecule has 19 heavy (non-hydrogen) atoms. The zero-order chi connectivity index (χ0) is 13.7. The van der Waals surface area contributed by atoms with E-state index in [-0.39, 0.29) is 6.61 Å².